The molecule has 0 bridgehead atoms. The third-order valence-corrected chi connectivity index (χ3v) is 1.89. The second-order valence-electron chi connectivity index (χ2n) is 3.31. The number of rotatable bonds is 4. The van der Waals surface area contributed by atoms with Gasteiger partial charge in [0.2, 0.25) is 11.8 Å². The van der Waals surface area contributed by atoms with Crippen LogP contribution in [0.25, 0.3) is 0 Å². The van der Waals surface area contributed by atoms with Gasteiger partial charge in [-0.25, -0.2) is 0 Å². The predicted octanol–water partition coefficient (Wildman–Crippen LogP) is -0.467. The largest absolute Gasteiger partial charge is 0.508 e. The number of amides is 2. The second-order valence-corrected chi connectivity index (χ2v) is 3.31. The third kappa shape index (κ3) is 3.58. The number of carbonyl (C=O) groups is 2. The number of phenols is 1. The molecule has 0 saturated heterocycles. The van der Waals surface area contributed by atoms with Crippen LogP contribution >= 0.6 is 0 Å². The maximum atomic E-state index is 11.4. The lowest BCUT2D eigenvalue weighted by atomic mass is 10.2. The molecule has 6 N–H and O–H groups in total. The SMILES string of the molecule is NC(=O)CC(N)C(=O)Nc1ccc(O)cc1. The van der Waals surface area contributed by atoms with Crippen LogP contribution in [0.4, 0.5) is 5.69 Å². The van der Waals surface area contributed by atoms with Gasteiger partial charge in [0.1, 0.15) is 5.75 Å². The number of phenolic OH excluding ortho intramolecular Hbond substituents is 1. The average molecular weight is 223 g/mol. The number of nitrogens with one attached hydrogen (secondary N) is 1. The minimum atomic E-state index is -0.966. The zero-order valence-electron chi connectivity index (χ0n) is 8.51. The molecule has 0 heterocycles. The molecule has 1 unspecified atom stereocenters. The first kappa shape index (κ1) is 12.0. The van der Waals surface area contributed by atoms with E-state index in [-0.39, 0.29) is 12.2 Å². The van der Waals surface area contributed by atoms with E-state index in [1.807, 2.05) is 0 Å². The van der Waals surface area contributed by atoms with Crippen LogP contribution in [0.15, 0.2) is 24.3 Å². The number of nitrogens with two attached hydrogens (primary N) is 2. The number of benzene rings is 1. The van der Waals surface area contributed by atoms with Crippen LogP contribution in [-0.2, 0) is 9.59 Å². The Kier molecular flexibility index (Phi) is 3.84. The summed E-state index contributed by atoms with van der Waals surface area (Å²) in [6, 6.07) is 4.92. The van der Waals surface area contributed by atoms with Crippen LogP contribution < -0.4 is 16.8 Å². The maximum absolute atomic E-state index is 11.4. The first-order chi connectivity index (χ1) is 7.49. The lowest BCUT2D eigenvalue weighted by Gasteiger charge is -2.10. The summed E-state index contributed by atoms with van der Waals surface area (Å²) in [6.07, 6.45) is -0.204. The molecule has 16 heavy (non-hydrogen) atoms. The Bertz CT molecular complexity index is 389. The van der Waals surface area contributed by atoms with E-state index in [0.29, 0.717) is 5.69 Å². The van der Waals surface area contributed by atoms with Crippen molar-refractivity contribution >= 4 is 17.5 Å². The van der Waals surface area contributed by atoms with Crippen molar-refractivity contribution in [1.29, 1.82) is 0 Å². The molecule has 6 nitrogen and oxygen atoms in total. The summed E-state index contributed by atoms with van der Waals surface area (Å²) in [6.45, 7) is 0. The van der Waals surface area contributed by atoms with Crippen molar-refractivity contribution in [1.82, 2.24) is 0 Å². The first-order valence-corrected chi connectivity index (χ1v) is 4.63. The molecule has 1 aromatic carbocycles. The normalized spacial score (nSPS) is 11.8. The average Bonchev–Trinajstić information content (AvgIpc) is 2.20. The van der Waals surface area contributed by atoms with Crippen LogP contribution in [0.1, 0.15) is 6.42 Å². The van der Waals surface area contributed by atoms with E-state index in [1.165, 1.54) is 24.3 Å². The molecule has 0 saturated carbocycles. The maximum Gasteiger partial charge on any atom is 0.241 e. The minimum absolute atomic E-state index is 0.0967. The summed E-state index contributed by atoms with van der Waals surface area (Å²) < 4.78 is 0. The number of hydrogen-bond acceptors (Lipinski definition) is 4. The molecular formula is C10H13N3O3. The zero-order valence-corrected chi connectivity index (χ0v) is 8.51. The fourth-order valence-corrected chi connectivity index (χ4v) is 1.09. The summed E-state index contributed by atoms with van der Waals surface area (Å²) >= 11 is 0. The van der Waals surface area contributed by atoms with Gasteiger partial charge in [0.15, 0.2) is 0 Å². The molecule has 0 radical (unpaired) electrons. The minimum Gasteiger partial charge on any atom is -0.508 e. The van der Waals surface area contributed by atoms with Crippen molar-refractivity contribution < 1.29 is 14.7 Å². The molecule has 1 atom stereocenters. The highest BCUT2D eigenvalue weighted by molar-refractivity contribution is 5.97. The molecule has 0 spiro atoms. The van der Waals surface area contributed by atoms with Gasteiger partial charge in [0.05, 0.1) is 12.5 Å². The Labute approximate surface area is 92.2 Å². The standard InChI is InChI=1S/C10H13N3O3/c11-8(5-9(12)15)10(16)13-6-1-3-7(14)4-2-6/h1-4,8,14H,5,11H2,(H2,12,15)(H,13,16). The van der Waals surface area contributed by atoms with Crippen molar-refractivity contribution in [3.63, 3.8) is 0 Å². The first-order valence-electron chi connectivity index (χ1n) is 4.63. The molecule has 0 aliphatic heterocycles. The highest BCUT2D eigenvalue weighted by atomic mass is 16.3. The summed E-state index contributed by atoms with van der Waals surface area (Å²) in [7, 11) is 0. The van der Waals surface area contributed by atoms with Crippen LogP contribution in [-0.4, -0.2) is 23.0 Å². The summed E-state index contributed by atoms with van der Waals surface area (Å²) in [5, 5.41) is 11.5. The van der Waals surface area contributed by atoms with Gasteiger partial charge < -0.3 is 21.9 Å². The molecule has 0 fully saturated rings. The number of carbonyl (C=O) groups excluding carboxylic acids is 2. The van der Waals surface area contributed by atoms with Crippen LogP contribution in [0.3, 0.4) is 0 Å². The summed E-state index contributed by atoms with van der Waals surface area (Å²) in [5.41, 5.74) is 10.8. The molecule has 0 aromatic heterocycles. The quantitative estimate of drug-likeness (QED) is 0.516. The highest BCUT2D eigenvalue weighted by Crippen LogP contribution is 2.13. The number of aromatic hydroxyl groups is 1. The van der Waals surface area contributed by atoms with E-state index >= 15 is 0 Å². The number of hydrogen-bond donors (Lipinski definition) is 4. The monoisotopic (exact) mass is 223 g/mol. The van der Waals surface area contributed by atoms with Crippen LogP contribution in [0.5, 0.6) is 5.75 Å². The molecule has 2 amide bonds. The van der Waals surface area contributed by atoms with Gasteiger partial charge in [-0.1, -0.05) is 0 Å². The molecule has 1 aromatic rings. The van der Waals surface area contributed by atoms with Gasteiger partial charge in [-0.15, -0.1) is 0 Å². The Hall–Kier alpha value is -2.08. The van der Waals surface area contributed by atoms with Crippen molar-refractivity contribution in [2.24, 2.45) is 11.5 Å². The van der Waals surface area contributed by atoms with Gasteiger partial charge in [-0.2, -0.15) is 0 Å². The van der Waals surface area contributed by atoms with Crippen molar-refractivity contribution in [2.45, 2.75) is 12.5 Å². The second kappa shape index (κ2) is 5.13. The van der Waals surface area contributed by atoms with E-state index in [2.05, 4.69) is 5.32 Å². The van der Waals surface area contributed by atoms with Gasteiger partial charge in [0, 0.05) is 5.69 Å². The number of anilines is 1. The summed E-state index contributed by atoms with van der Waals surface area (Å²) in [5.74, 6) is -1.03. The van der Waals surface area contributed by atoms with Crippen molar-refractivity contribution in [2.75, 3.05) is 5.32 Å². The van der Waals surface area contributed by atoms with E-state index in [9.17, 15) is 9.59 Å². The fourth-order valence-electron chi connectivity index (χ4n) is 1.09. The van der Waals surface area contributed by atoms with Crippen molar-refractivity contribution in [3.8, 4) is 5.75 Å². The molecule has 0 aliphatic rings. The molecule has 0 aliphatic carbocycles. The fraction of sp³-hybridized carbons (Fsp3) is 0.200. The molecule has 86 valence electrons. The smallest absolute Gasteiger partial charge is 0.241 e. The van der Waals surface area contributed by atoms with E-state index < -0.39 is 17.9 Å². The van der Waals surface area contributed by atoms with Gasteiger partial charge in [0.25, 0.3) is 0 Å². The lowest BCUT2D eigenvalue weighted by molar-refractivity contribution is -0.123. The lowest BCUT2D eigenvalue weighted by Crippen LogP contribution is -2.38. The third-order valence-electron chi connectivity index (χ3n) is 1.89. The molecular weight excluding hydrogens is 210 g/mol. The Morgan fingerprint density at radius 2 is 1.88 bits per heavy atom. The Balaban J connectivity index is 2.57. The van der Waals surface area contributed by atoms with Crippen LogP contribution in [0.2, 0.25) is 0 Å². The Morgan fingerprint density at radius 1 is 1.31 bits per heavy atom. The predicted molar refractivity (Wildman–Crippen MR) is 58.5 cm³/mol. The van der Waals surface area contributed by atoms with Crippen LogP contribution in [0, 0.1) is 0 Å². The number of primary amides is 1. The van der Waals surface area contributed by atoms with Gasteiger partial charge >= 0.3 is 0 Å². The van der Waals surface area contributed by atoms with E-state index in [4.69, 9.17) is 16.6 Å². The molecule has 1 rings (SSSR count). The van der Waals surface area contributed by atoms with E-state index in [1.54, 1.807) is 0 Å². The zero-order chi connectivity index (χ0) is 12.1. The Morgan fingerprint density at radius 3 is 2.38 bits per heavy atom. The van der Waals surface area contributed by atoms with E-state index in [0.717, 1.165) is 0 Å². The summed E-state index contributed by atoms with van der Waals surface area (Å²) in [4.78, 5) is 22.0. The van der Waals surface area contributed by atoms with Gasteiger partial charge in [-0.3, -0.25) is 9.59 Å². The highest BCUT2D eigenvalue weighted by Gasteiger charge is 2.15. The van der Waals surface area contributed by atoms with Gasteiger partial charge in [-0.05, 0) is 24.3 Å². The molecule has 6 heteroatoms. The van der Waals surface area contributed by atoms with Crippen molar-refractivity contribution in [3.05, 3.63) is 24.3 Å². The topological polar surface area (TPSA) is 118 Å².